The number of carboxylic acids is 1. The summed E-state index contributed by atoms with van der Waals surface area (Å²) < 4.78 is 6.23. The van der Waals surface area contributed by atoms with E-state index in [0.717, 1.165) is 18.8 Å². The predicted molar refractivity (Wildman–Crippen MR) is 131 cm³/mol. The third-order valence-electron chi connectivity index (χ3n) is 7.74. The minimum atomic E-state index is -1.17. The Kier molecular flexibility index (Phi) is 7.19. The Balaban J connectivity index is 1.71. The van der Waals surface area contributed by atoms with E-state index in [0.29, 0.717) is 24.9 Å². The standard InChI is InChI=1S/C26H35N3O6/c1-4-14-28(18-10-8-17(9-11-18)27(5-2)6-3)24(32)22-26-13-12-19(35-26)20(25(33)34)21(26)23(31)29(22)15-7-16-30/h4,8-11,19-22,30H,1,5-7,12-16H2,2-3H3,(H,33,34)/t19-,20+,21-,22?,26?/m0/s1. The minimum Gasteiger partial charge on any atom is -0.481 e. The molecule has 1 aromatic rings. The number of aliphatic hydroxyl groups excluding tert-OH is 1. The lowest BCUT2D eigenvalue weighted by Gasteiger charge is -2.36. The Hall–Kier alpha value is -2.91. The maximum atomic E-state index is 14.2. The van der Waals surface area contributed by atoms with Gasteiger partial charge in [-0.3, -0.25) is 14.4 Å². The van der Waals surface area contributed by atoms with Crippen molar-refractivity contribution >= 4 is 29.2 Å². The van der Waals surface area contributed by atoms with Crippen LogP contribution in [0.1, 0.15) is 33.1 Å². The fourth-order valence-electron chi connectivity index (χ4n) is 6.23. The summed E-state index contributed by atoms with van der Waals surface area (Å²) in [4.78, 5) is 45.0. The summed E-state index contributed by atoms with van der Waals surface area (Å²) in [7, 11) is 0. The quantitative estimate of drug-likeness (QED) is 0.461. The Morgan fingerprint density at radius 3 is 2.46 bits per heavy atom. The fourth-order valence-corrected chi connectivity index (χ4v) is 6.23. The first-order valence-electron chi connectivity index (χ1n) is 12.4. The van der Waals surface area contributed by atoms with Crippen molar-refractivity contribution in [1.82, 2.24) is 4.90 Å². The maximum absolute atomic E-state index is 14.2. The first-order valence-corrected chi connectivity index (χ1v) is 12.4. The molecule has 3 aliphatic heterocycles. The predicted octanol–water partition coefficient (Wildman–Crippen LogP) is 1.89. The van der Waals surface area contributed by atoms with E-state index in [1.165, 1.54) is 4.90 Å². The molecule has 9 heteroatoms. The number of likely N-dealkylation sites (tertiary alicyclic amines) is 1. The molecule has 190 valence electrons. The fraction of sp³-hybridized carbons (Fsp3) is 0.577. The van der Waals surface area contributed by atoms with Crippen LogP contribution in [0.15, 0.2) is 36.9 Å². The topological polar surface area (TPSA) is 111 Å². The summed E-state index contributed by atoms with van der Waals surface area (Å²) in [5.41, 5.74) is 0.548. The third kappa shape index (κ3) is 4.00. The lowest BCUT2D eigenvalue weighted by molar-refractivity contribution is -0.149. The lowest BCUT2D eigenvalue weighted by atomic mass is 9.70. The van der Waals surface area contributed by atoms with Crippen molar-refractivity contribution in [1.29, 1.82) is 0 Å². The summed E-state index contributed by atoms with van der Waals surface area (Å²) in [6.45, 7) is 9.96. The number of ether oxygens (including phenoxy) is 1. The van der Waals surface area contributed by atoms with Crippen LogP contribution in [-0.2, 0) is 19.1 Å². The van der Waals surface area contributed by atoms with Gasteiger partial charge in [0.25, 0.3) is 5.91 Å². The SMILES string of the molecule is C=CCN(C(=O)C1N(CCCO)C(=O)[C@@H]2[C@H](C(=O)O)[C@@H]3CCC12O3)c1ccc(N(CC)CC)cc1. The van der Waals surface area contributed by atoms with E-state index in [1.54, 1.807) is 11.0 Å². The Morgan fingerprint density at radius 1 is 1.23 bits per heavy atom. The summed E-state index contributed by atoms with van der Waals surface area (Å²) in [6, 6.07) is 6.74. The van der Waals surface area contributed by atoms with Crippen LogP contribution in [0.5, 0.6) is 0 Å². The molecule has 3 fully saturated rings. The molecule has 3 heterocycles. The smallest absolute Gasteiger partial charge is 0.310 e. The van der Waals surface area contributed by atoms with Crippen molar-refractivity contribution in [3.63, 3.8) is 0 Å². The molecule has 9 nitrogen and oxygen atoms in total. The van der Waals surface area contributed by atoms with E-state index in [-0.39, 0.29) is 31.5 Å². The zero-order valence-corrected chi connectivity index (χ0v) is 20.4. The van der Waals surface area contributed by atoms with Crippen LogP contribution in [0.3, 0.4) is 0 Å². The highest BCUT2D eigenvalue weighted by molar-refractivity contribution is 6.04. The molecule has 0 saturated carbocycles. The average Bonchev–Trinajstić information content (AvgIpc) is 3.49. The molecule has 3 aliphatic rings. The molecule has 0 aromatic heterocycles. The number of aliphatic carboxylic acids is 1. The third-order valence-corrected chi connectivity index (χ3v) is 7.74. The average molecular weight is 486 g/mol. The van der Waals surface area contributed by atoms with Crippen molar-refractivity contribution in [2.75, 3.05) is 42.6 Å². The summed E-state index contributed by atoms with van der Waals surface area (Å²) >= 11 is 0. The van der Waals surface area contributed by atoms with E-state index in [2.05, 4.69) is 25.3 Å². The number of benzene rings is 1. The van der Waals surface area contributed by atoms with Crippen LogP contribution in [0.2, 0.25) is 0 Å². The van der Waals surface area contributed by atoms with Crippen LogP contribution in [0.25, 0.3) is 0 Å². The summed E-state index contributed by atoms with van der Waals surface area (Å²) in [5, 5.41) is 19.3. The van der Waals surface area contributed by atoms with Gasteiger partial charge >= 0.3 is 5.97 Å². The minimum absolute atomic E-state index is 0.141. The normalized spacial score (nSPS) is 28.8. The van der Waals surface area contributed by atoms with Crippen molar-refractivity contribution in [2.45, 2.75) is 50.9 Å². The van der Waals surface area contributed by atoms with Crippen LogP contribution in [0.4, 0.5) is 11.4 Å². The molecule has 35 heavy (non-hydrogen) atoms. The number of fused-ring (bicyclic) bond motifs is 1. The second-order valence-electron chi connectivity index (χ2n) is 9.43. The van der Waals surface area contributed by atoms with Gasteiger partial charge in [-0.2, -0.15) is 0 Å². The molecule has 1 aromatic carbocycles. The van der Waals surface area contributed by atoms with Crippen molar-refractivity contribution in [3.05, 3.63) is 36.9 Å². The van der Waals surface area contributed by atoms with Gasteiger partial charge in [-0.1, -0.05) is 6.08 Å². The van der Waals surface area contributed by atoms with E-state index >= 15 is 0 Å². The number of carbonyl (C=O) groups excluding carboxylic acids is 2. The van der Waals surface area contributed by atoms with Crippen molar-refractivity contribution in [3.8, 4) is 0 Å². The van der Waals surface area contributed by atoms with Gasteiger partial charge in [0.15, 0.2) is 0 Å². The monoisotopic (exact) mass is 485 g/mol. The molecule has 0 aliphatic carbocycles. The van der Waals surface area contributed by atoms with E-state index in [1.807, 2.05) is 24.3 Å². The Labute approximate surface area is 205 Å². The number of hydrogen-bond donors (Lipinski definition) is 2. The van der Waals surface area contributed by atoms with Gasteiger partial charge in [-0.15, -0.1) is 6.58 Å². The highest BCUT2D eigenvalue weighted by Gasteiger charge is 2.74. The summed E-state index contributed by atoms with van der Waals surface area (Å²) in [6.07, 6.45) is 2.30. The Morgan fingerprint density at radius 2 is 1.89 bits per heavy atom. The molecule has 2 amide bonds. The molecule has 2 N–H and O–H groups in total. The van der Waals surface area contributed by atoms with Gasteiger partial charge in [0, 0.05) is 44.2 Å². The van der Waals surface area contributed by atoms with Crippen molar-refractivity contribution < 1.29 is 29.3 Å². The Bertz CT molecular complexity index is 978. The van der Waals surface area contributed by atoms with Gasteiger partial charge in [0.1, 0.15) is 11.6 Å². The highest BCUT2D eigenvalue weighted by Crippen LogP contribution is 2.58. The second kappa shape index (κ2) is 9.99. The molecule has 0 radical (unpaired) electrons. The van der Waals surface area contributed by atoms with Gasteiger partial charge in [0.05, 0.1) is 17.9 Å². The van der Waals surface area contributed by atoms with E-state index in [4.69, 9.17) is 4.74 Å². The van der Waals surface area contributed by atoms with E-state index < -0.39 is 35.6 Å². The zero-order chi connectivity index (χ0) is 25.3. The van der Waals surface area contributed by atoms with Crippen LogP contribution in [0, 0.1) is 11.8 Å². The van der Waals surface area contributed by atoms with Gasteiger partial charge < -0.3 is 29.6 Å². The zero-order valence-electron chi connectivity index (χ0n) is 20.4. The first kappa shape index (κ1) is 25.2. The van der Waals surface area contributed by atoms with Gasteiger partial charge in [-0.25, -0.2) is 0 Å². The van der Waals surface area contributed by atoms with Gasteiger partial charge in [-0.05, 0) is 57.4 Å². The van der Waals surface area contributed by atoms with Crippen LogP contribution >= 0.6 is 0 Å². The maximum Gasteiger partial charge on any atom is 0.310 e. The first-order chi connectivity index (χ1) is 16.8. The molecule has 4 rings (SSSR count). The highest BCUT2D eigenvalue weighted by atomic mass is 16.5. The number of hydrogen-bond acceptors (Lipinski definition) is 6. The molecule has 5 atom stereocenters. The second-order valence-corrected chi connectivity index (χ2v) is 9.43. The number of aliphatic hydroxyl groups is 1. The number of carboxylic acid groups (broad SMARTS) is 1. The number of nitrogens with zero attached hydrogens (tertiary/aromatic N) is 3. The number of amides is 2. The number of carbonyl (C=O) groups is 3. The summed E-state index contributed by atoms with van der Waals surface area (Å²) in [5.74, 6) is -3.63. The molecule has 2 bridgehead atoms. The van der Waals surface area contributed by atoms with Crippen LogP contribution < -0.4 is 9.80 Å². The lowest BCUT2D eigenvalue weighted by Crippen LogP contribution is -2.56. The molecular formula is C26H35N3O6. The number of rotatable bonds is 11. The number of anilines is 2. The molecule has 2 unspecified atom stereocenters. The van der Waals surface area contributed by atoms with Crippen LogP contribution in [-0.4, -0.2) is 83.4 Å². The largest absolute Gasteiger partial charge is 0.481 e. The molecule has 1 spiro atoms. The molecular weight excluding hydrogens is 450 g/mol. The van der Waals surface area contributed by atoms with Gasteiger partial charge in [0.2, 0.25) is 5.91 Å². The van der Waals surface area contributed by atoms with Crippen molar-refractivity contribution in [2.24, 2.45) is 11.8 Å². The molecule has 3 saturated heterocycles. The van der Waals surface area contributed by atoms with E-state index in [9.17, 15) is 24.6 Å².